The van der Waals surface area contributed by atoms with Crippen molar-refractivity contribution in [3.05, 3.63) is 0 Å². The molecule has 2 heterocycles. The molecule has 2 aliphatic heterocycles. The van der Waals surface area contributed by atoms with Crippen LogP contribution in [-0.2, 0) is 4.79 Å². The molecule has 2 aliphatic rings. The lowest BCUT2D eigenvalue weighted by molar-refractivity contribution is -0.194. The van der Waals surface area contributed by atoms with Crippen LogP contribution in [0.3, 0.4) is 0 Å². The molecule has 2 bridgehead atoms. The molecule has 0 radical (unpaired) electrons. The SMILES string of the molecule is O=C1C[C@H]2CCC[C@@H](C1)N2O. The lowest BCUT2D eigenvalue weighted by atomic mass is 9.86. The van der Waals surface area contributed by atoms with E-state index in [-0.39, 0.29) is 12.1 Å². The van der Waals surface area contributed by atoms with Gasteiger partial charge in [-0.3, -0.25) is 4.79 Å². The number of ketones is 1. The lowest BCUT2D eigenvalue weighted by Gasteiger charge is -2.40. The van der Waals surface area contributed by atoms with Gasteiger partial charge in [0, 0.05) is 24.9 Å². The van der Waals surface area contributed by atoms with Crippen LogP contribution in [0.1, 0.15) is 32.1 Å². The Morgan fingerprint density at radius 2 is 1.82 bits per heavy atom. The van der Waals surface area contributed by atoms with E-state index in [1.807, 2.05) is 0 Å². The first-order valence-electron chi connectivity index (χ1n) is 4.26. The van der Waals surface area contributed by atoms with Gasteiger partial charge in [0.15, 0.2) is 0 Å². The number of carbonyl (C=O) groups is 1. The highest BCUT2D eigenvalue weighted by atomic mass is 16.5. The fraction of sp³-hybridized carbons (Fsp3) is 0.875. The summed E-state index contributed by atoms with van der Waals surface area (Å²) in [7, 11) is 0. The summed E-state index contributed by atoms with van der Waals surface area (Å²) in [6.07, 6.45) is 4.26. The molecule has 3 heteroatoms. The van der Waals surface area contributed by atoms with Gasteiger partial charge in [0.05, 0.1) is 0 Å². The Morgan fingerprint density at radius 1 is 1.27 bits per heavy atom. The van der Waals surface area contributed by atoms with E-state index in [0.29, 0.717) is 18.6 Å². The fourth-order valence-electron chi connectivity index (χ4n) is 2.15. The van der Waals surface area contributed by atoms with Crippen LogP contribution in [0.4, 0.5) is 0 Å². The van der Waals surface area contributed by atoms with E-state index in [2.05, 4.69) is 0 Å². The van der Waals surface area contributed by atoms with Crippen molar-refractivity contribution in [3.63, 3.8) is 0 Å². The van der Waals surface area contributed by atoms with Gasteiger partial charge in [0.2, 0.25) is 0 Å². The van der Waals surface area contributed by atoms with E-state index < -0.39 is 0 Å². The zero-order chi connectivity index (χ0) is 7.84. The molecule has 11 heavy (non-hydrogen) atoms. The summed E-state index contributed by atoms with van der Waals surface area (Å²) in [6.45, 7) is 0. The van der Waals surface area contributed by atoms with E-state index in [1.54, 1.807) is 0 Å². The summed E-state index contributed by atoms with van der Waals surface area (Å²) in [5.41, 5.74) is 0. The summed E-state index contributed by atoms with van der Waals surface area (Å²) >= 11 is 0. The molecule has 2 atom stereocenters. The predicted octanol–water partition coefficient (Wildman–Crippen LogP) is 0.962. The van der Waals surface area contributed by atoms with Gasteiger partial charge in [-0.05, 0) is 12.8 Å². The zero-order valence-electron chi connectivity index (χ0n) is 6.49. The van der Waals surface area contributed by atoms with E-state index in [1.165, 1.54) is 11.5 Å². The molecule has 0 amide bonds. The molecule has 3 nitrogen and oxygen atoms in total. The zero-order valence-corrected chi connectivity index (χ0v) is 6.49. The van der Waals surface area contributed by atoms with Crippen LogP contribution in [0.5, 0.6) is 0 Å². The minimum atomic E-state index is 0.134. The molecule has 0 unspecified atom stereocenters. The maximum absolute atomic E-state index is 11.1. The van der Waals surface area contributed by atoms with E-state index in [4.69, 9.17) is 0 Å². The second-order valence-electron chi connectivity index (χ2n) is 3.57. The molecule has 2 saturated heterocycles. The Kier molecular flexibility index (Phi) is 1.69. The molecule has 0 aromatic heterocycles. The van der Waals surface area contributed by atoms with Gasteiger partial charge in [0.1, 0.15) is 5.78 Å². The molecule has 0 spiro atoms. The minimum Gasteiger partial charge on any atom is -0.313 e. The van der Waals surface area contributed by atoms with Crippen molar-refractivity contribution in [2.75, 3.05) is 0 Å². The number of hydrogen-bond donors (Lipinski definition) is 1. The standard InChI is InChI=1S/C8H13NO2/c10-8-4-6-2-1-3-7(5-8)9(6)11/h6-7,11H,1-5H2/t6-,7+. The number of Topliss-reactive ketones (excluding diaryl/α,β-unsaturated/α-hetero) is 1. The number of nitrogens with zero attached hydrogens (tertiary/aromatic N) is 1. The molecular formula is C8H13NO2. The van der Waals surface area contributed by atoms with Crippen molar-refractivity contribution in [2.24, 2.45) is 0 Å². The quantitative estimate of drug-likeness (QED) is 0.566. The highest BCUT2D eigenvalue weighted by Crippen LogP contribution is 2.30. The Hall–Kier alpha value is -0.410. The van der Waals surface area contributed by atoms with Crippen LogP contribution < -0.4 is 0 Å². The average Bonchev–Trinajstić information content (AvgIpc) is 1.92. The van der Waals surface area contributed by atoms with Crippen LogP contribution in [-0.4, -0.2) is 28.1 Å². The van der Waals surface area contributed by atoms with Gasteiger partial charge in [-0.25, -0.2) is 0 Å². The lowest BCUT2D eigenvalue weighted by Crippen LogP contribution is -2.50. The Labute approximate surface area is 66.0 Å². The van der Waals surface area contributed by atoms with Gasteiger partial charge < -0.3 is 5.21 Å². The third-order valence-electron chi connectivity index (χ3n) is 2.75. The third-order valence-corrected chi connectivity index (χ3v) is 2.75. The molecule has 2 rings (SSSR count). The maximum Gasteiger partial charge on any atom is 0.136 e. The first kappa shape index (κ1) is 7.25. The minimum absolute atomic E-state index is 0.134. The van der Waals surface area contributed by atoms with Crippen molar-refractivity contribution < 1.29 is 10.0 Å². The van der Waals surface area contributed by atoms with Crippen LogP contribution in [0.25, 0.3) is 0 Å². The average molecular weight is 155 g/mol. The summed E-state index contributed by atoms with van der Waals surface area (Å²) in [6, 6.07) is 0.269. The van der Waals surface area contributed by atoms with E-state index in [0.717, 1.165) is 12.8 Å². The molecule has 0 saturated carbocycles. The van der Waals surface area contributed by atoms with Crippen LogP contribution >= 0.6 is 0 Å². The van der Waals surface area contributed by atoms with Crippen molar-refractivity contribution in [2.45, 2.75) is 44.2 Å². The number of piperidine rings is 2. The van der Waals surface area contributed by atoms with Crippen molar-refractivity contribution in [3.8, 4) is 0 Å². The summed E-state index contributed by atoms with van der Waals surface area (Å²) in [4.78, 5) is 11.1. The van der Waals surface area contributed by atoms with E-state index in [9.17, 15) is 10.0 Å². The molecule has 0 aliphatic carbocycles. The van der Waals surface area contributed by atoms with Crippen LogP contribution in [0.15, 0.2) is 0 Å². The second kappa shape index (κ2) is 2.57. The van der Waals surface area contributed by atoms with Crippen LogP contribution in [0.2, 0.25) is 0 Å². The maximum atomic E-state index is 11.1. The van der Waals surface area contributed by atoms with Gasteiger partial charge in [0.25, 0.3) is 0 Å². The molecular weight excluding hydrogens is 142 g/mol. The smallest absolute Gasteiger partial charge is 0.136 e. The molecule has 62 valence electrons. The number of rotatable bonds is 0. The molecule has 0 aromatic carbocycles. The first-order valence-corrected chi connectivity index (χ1v) is 4.26. The van der Waals surface area contributed by atoms with Crippen molar-refractivity contribution in [1.29, 1.82) is 0 Å². The predicted molar refractivity (Wildman–Crippen MR) is 39.3 cm³/mol. The Morgan fingerprint density at radius 3 is 2.36 bits per heavy atom. The molecule has 0 aromatic rings. The normalized spacial score (nSPS) is 39.2. The first-order chi connectivity index (χ1) is 5.27. The molecule has 1 N–H and O–H groups in total. The van der Waals surface area contributed by atoms with Crippen molar-refractivity contribution >= 4 is 5.78 Å². The largest absolute Gasteiger partial charge is 0.313 e. The van der Waals surface area contributed by atoms with E-state index >= 15 is 0 Å². The van der Waals surface area contributed by atoms with Gasteiger partial charge in [-0.15, -0.1) is 0 Å². The fourth-order valence-corrected chi connectivity index (χ4v) is 2.15. The van der Waals surface area contributed by atoms with Gasteiger partial charge in [-0.1, -0.05) is 6.42 Å². The van der Waals surface area contributed by atoms with Crippen LogP contribution in [0, 0.1) is 0 Å². The number of hydrogen-bond acceptors (Lipinski definition) is 3. The Bertz CT molecular complexity index is 165. The van der Waals surface area contributed by atoms with Crippen molar-refractivity contribution in [1.82, 2.24) is 5.06 Å². The highest BCUT2D eigenvalue weighted by Gasteiger charge is 2.36. The third kappa shape index (κ3) is 1.19. The highest BCUT2D eigenvalue weighted by molar-refractivity contribution is 5.80. The summed E-state index contributed by atoms with van der Waals surface area (Å²) in [5.74, 6) is 0.324. The number of fused-ring (bicyclic) bond motifs is 2. The topological polar surface area (TPSA) is 40.5 Å². The second-order valence-corrected chi connectivity index (χ2v) is 3.57. The number of hydroxylamine groups is 2. The summed E-state index contributed by atoms with van der Waals surface area (Å²) < 4.78 is 0. The monoisotopic (exact) mass is 155 g/mol. The Balaban J connectivity index is 2.12. The van der Waals surface area contributed by atoms with Gasteiger partial charge >= 0.3 is 0 Å². The van der Waals surface area contributed by atoms with Gasteiger partial charge in [-0.2, -0.15) is 5.06 Å². The number of carbonyl (C=O) groups excluding carboxylic acids is 1. The summed E-state index contributed by atoms with van der Waals surface area (Å²) in [5, 5.41) is 10.9. The molecule has 2 fully saturated rings.